The first-order chi connectivity index (χ1) is 17.1. The first-order valence-electron chi connectivity index (χ1n) is 14.1. The van der Waals surface area contributed by atoms with Gasteiger partial charge in [-0.05, 0) is 72.8 Å². The molecular formula is C32H35BN2. The van der Waals surface area contributed by atoms with Gasteiger partial charge in [-0.2, -0.15) is 0 Å². The van der Waals surface area contributed by atoms with Gasteiger partial charge < -0.3 is 9.80 Å². The summed E-state index contributed by atoms with van der Waals surface area (Å²) in [6.07, 6.45) is 12.0. The van der Waals surface area contributed by atoms with Gasteiger partial charge in [0.2, 0.25) is 0 Å². The summed E-state index contributed by atoms with van der Waals surface area (Å²) in [5.74, 6) is 0. The summed E-state index contributed by atoms with van der Waals surface area (Å²) >= 11 is 0. The second-order valence-electron chi connectivity index (χ2n) is 12.3. The molecule has 0 spiro atoms. The number of anilines is 4. The molecule has 0 bridgehead atoms. The van der Waals surface area contributed by atoms with E-state index in [1.807, 2.05) is 0 Å². The van der Waals surface area contributed by atoms with Gasteiger partial charge in [-0.25, -0.2) is 0 Å². The van der Waals surface area contributed by atoms with Crippen LogP contribution in [0.1, 0.15) is 77.2 Å². The van der Waals surface area contributed by atoms with Crippen LogP contribution in [-0.4, -0.2) is 18.3 Å². The Morgan fingerprint density at radius 2 is 1.40 bits per heavy atom. The zero-order valence-electron chi connectivity index (χ0n) is 21.2. The van der Waals surface area contributed by atoms with Gasteiger partial charge >= 0.3 is 0 Å². The molecule has 0 amide bonds. The van der Waals surface area contributed by atoms with Crippen molar-refractivity contribution >= 4 is 45.9 Å². The number of benzene rings is 3. The number of rotatable bonds is 1. The van der Waals surface area contributed by atoms with Crippen LogP contribution in [0.15, 0.2) is 60.7 Å². The standard InChI is InChI=1S/C32H35BN2/c1-31-20-10-11-21-32(31,2)35-27-17-9-7-15-25(27)33-24-14-6-8-16-26(24)34(22-12-4-3-5-13-22)28-19-18-23(31)30(35)29(28)33/h6-9,14-19,22H,3-5,10-13,20-21H2,1-2H3. The maximum absolute atomic E-state index is 2.83. The van der Waals surface area contributed by atoms with Crippen molar-refractivity contribution in [3.05, 3.63) is 66.2 Å². The molecule has 2 atom stereocenters. The highest BCUT2D eigenvalue weighted by atomic mass is 15.3. The van der Waals surface area contributed by atoms with Crippen molar-refractivity contribution in [2.75, 3.05) is 9.80 Å². The van der Waals surface area contributed by atoms with E-state index in [1.165, 1.54) is 85.8 Å². The Labute approximate surface area is 210 Å². The van der Waals surface area contributed by atoms with Crippen LogP contribution in [-0.2, 0) is 5.41 Å². The highest BCUT2D eigenvalue weighted by molar-refractivity contribution is 7.00. The third-order valence-corrected chi connectivity index (χ3v) is 10.8. The van der Waals surface area contributed by atoms with Gasteiger partial charge in [-0.1, -0.05) is 81.5 Å². The van der Waals surface area contributed by atoms with Crippen molar-refractivity contribution in [1.82, 2.24) is 0 Å². The molecule has 3 heterocycles. The Hall–Kier alpha value is -2.68. The fraction of sp³-hybridized carbons (Fsp3) is 0.438. The Balaban J connectivity index is 1.47. The number of para-hydroxylation sites is 2. The third-order valence-electron chi connectivity index (χ3n) is 10.8. The van der Waals surface area contributed by atoms with Gasteiger partial charge in [0.25, 0.3) is 6.71 Å². The SMILES string of the molecule is CC12CCCCC1(C)N1c3ccccc3B3c4ccccc4N(C4CCCCC4)c4ccc2c1c43. The van der Waals surface area contributed by atoms with Crippen molar-refractivity contribution in [1.29, 1.82) is 0 Å². The van der Waals surface area contributed by atoms with Crippen LogP contribution in [0.2, 0.25) is 0 Å². The van der Waals surface area contributed by atoms with Crippen LogP contribution in [0.25, 0.3) is 0 Å². The van der Waals surface area contributed by atoms with E-state index < -0.39 is 0 Å². The minimum atomic E-state index is 0.135. The average Bonchev–Trinajstić information content (AvgIpc) is 3.12. The van der Waals surface area contributed by atoms with E-state index in [0.29, 0.717) is 12.8 Å². The summed E-state index contributed by atoms with van der Waals surface area (Å²) in [4.78, 5) is 5.61. The second kappa shape index (κ2) is 6.96. The minimum absolute atomic E-state index is 0.135. The maximum Gasteiger partial charge on any atom is 0.252 e. The van der Waals surface area contributed by atoms with Crippen molar-refractivity contribution in [3.63, 3.8) is 0 Å². The number of fused-ring (bicyclic) bond motifs is 8. The average molecular weight is 458 g/mol. The lowest BCUT2D eigenvalue weighted by Gasteiger charge is -2.52. The topological polar surface area (TPSA) is 6.48 Å². The zero-order chi connectivity index (χ0) is 23.4. The number of hydrogen-bond donors (Lipinski definition) is 0. The van der Waals surface area contributed by atoms with E-state index in [2.05, 4.69) is 84.3 Å². The quantitative estimate of drug-likeness (QED) is 0.410. The van der Waals surface area contributed by atoms with Crippen molar-refractivity contribution in [2.24, 2.45) is 0 Å². The first kappa shape index (κ1) is 20.5. The van der Waals surface area contributed by atoms with Gasteiger partial charge in [0.05, 0.1) is 5.54 Å². The van der Waals surface area contributed by atoms with Crippen LogP contribution < -0.4 is 26.2 Å². The number of hydrogen-bond acceptors (Lipinski definition) is 2. The molecule has 35 heavy (non-hydrogen) atoms. The van der Waals surface area contributed by atoms with Gasteiger partial charge in [0.15, 0.2) is 0 Å². The molecule has 2 saturated carbocycles. The molecule has 0 aromatic heterocycles. The lowest BCUT2D eigenvalue weighted by atomic mass is 9.33. The molecule has 0 saturated heterocycles. The van der Waals surface area contributed by atoms with E-state index in [9.17, 15) is 0 Å². The Kier molecular flexibility index (Phi) is 4.08. The lowest BCUT2D eigenvalue weighted by Crippen LogP contribution is -2.65. The summed E-state index contributed by atoms with van der Waals surface area (Å²) < 4.78 is 0. The normalized spacial score (nSPS) is 28.3. The van der Waals surface area contributed by atoms with E-state index >= 15 is 0 Å². The van der Waals surface area contributed by atoms with Crippen LogP contribution in [0.5, 0.6) is 0 Å². The van der Waals surface area contributed by atoms with Crippen LogP contribution in [0, 0.1) is 0 Å². The van der Waals surface area contributed by atoms with Crippen molar-refractivity contribution in [3.8, 4) is 0 Å². The first-order valence-corrected chi connectivity index (χ1v) is 14.1. The predicted molar refractivity (Wildman–Crippen MR) is 149 cm³/mol. The molecule has 8 rings (SSSR count). The molecule has 176 valence electrons. The summed E-state index contributed by atoms with van der Waals surface area (Å²) in [6, 6.07) is 24.4. The number of nitrogens with zero attached hydrogens (tertiary/aromatic N) is 2. The molecule has 0 radical (unpaired) electrons. The Morgan fingerprint density at radius 1 is 0.714 bits per heavy atom. The van der Waals surface area contributed by atoms with Crippen molar-refractivity contribution in [2.45, 2.75) is 88.6 Å². The predicted octanol–water partition coefficient (Wildman–Crippen LogP) is 6.04. The highest BCUT2D eigenvalue weighted by Gasteiger charge is 2.61. The molecule has 5 aliphatic rings. The Bertz CT molecular complexity index is 1360. The van der Waals surface area contributed by atoms with Crippen LogP contribution in [0.3, 0.4) is 0 Å². The summed E-state index contributed by atoms with van der Waals surface area (Å²) in [7, 11) is 0. The van der Waals surface area contributed by atoms with E-state index in [0.717, 1.165) is 0 Å². The van der Waals surface area contributed by atoms with E-state index in [1.54, 1.807) is 16.7 Å². The zero-order valence-corrected chi connectivity index (χ0v) is 21.2. The fourth-order valence-electron chi connectivity index (χ4n) is 8.91. The molecule has 3 aliphatic heterocycles. The molecule has 3 aromatic rings. The van der Waals surface area contributed by atoms with Gasteiger partial charge in [-0.15, -0.1) is 0 Å². The van der Waals surface area contributed by atoms with Gasteiger partial charge in [0.1, 0.15) is 0 Å². The van der Waals surface area contributed by atoms with Gasteiger partial charge in [0, 0.05) is 34.2 Å². The largest absolute Gasteiger partial charge is 0.339 e. The highest BCUT2D eigenvalue weighted by Crippen LogP contribution is 2.61. The molecule has 2 unspecified atom stereocenters. The molecular weight excluding hydrogens is 423 g/mol. The molecule has 2 aliphatic carbocycles. The fourth-order valence-corrected chi connectivity index (χ4v) is 8.91. The van der Waals surface area contributed by atoms with Crippen LogP contribution in [0.4, 0.5) is 22.7 Å². The molecule has 2 fully saturated rings. The Morgan fingerprint density at radius 3 is 2.20 bits per heavy atom. The van der Waals surface area contributed by atoms with E-state index in [4.69, 9.17) is 0 Å². The summed E-state index contributed by atoms with van der Waals surface area (Å²) in [5.41, 5.74) is 12.5. The smallest absolute Gasteiger partial charge is 0.252 e. The maximum atomic E-state index is 2.83. The lowest BCUT2D eigenvalue weighted by molar-refractivity contribution is 0.195. The third kappa shape index (κ3) is 2.38. The molecule has 3 aromatic carbocycles. The van der Waals surface area contributed by atoms with Crippen molar-refractivity contribution < 1.29 is 0 Å². The second-order valence-corrected chi connectivity index (χ2v) is 12.3. The van der Waals surface area contributed by atoms with E-state index in [-0.39, 0.29) is 11.0 Å². The molecule has 3 heteroatoms. The van der Waals surface area contributed by atoms with Crippen LogP contribution >= 0.6 is 0 Å². The minimum Gasteiger partial charge on any atom is -0.339 e. The molecule has 2 nitrogen and oxygen atoms in total. The summed E-state index contributed by atoms with van der Waals surface area (Å²) in [6.45, 7) is 5.48. The monoisotopic (exact) mass is 458 g/mol. The summed E-state index contributed by atoms with van der Waals surface area (Å²) in [5, 5.41) is 0. The van der Waals surface area contributed by atoms with Gasteiger partial charge in [-0.3, -0.25) is 0 Å². The molecule has 0 N–H and O–H groups in total.